The van der Waals surface area contributed by atoms with Gasteiger partial charge in [0.2, 0.25) is 0 Å². The van der Waals surface area contributed by atoms with E-state index >= 15 is 0 Å². The topological polar surface area (TPSA) is 112 Å². The first-order valence-corrected chi connectivity index (χ1v) is 13.2. The first kappa shape index (κ1) is 32.1. The zero-order valence-electron chi connectivity index (χ0n) is 22.0. The second kappa shape index (κ2) is 18.4. The Labute approximate surface area is 206 Å². The molecule has 0 heterocycles. The fraction of sp³-hybridized carbons (Fsp3) is 0.815. The van der Waals surface area contributed by atoms with E-state index in [1.165, 1.54) is 19.3 Å². The van der Waals surface area contributed by atoms with Crippen molar-refractivity contribution in [1.29, 1.82) is 0 Å². The highest BCUT2D eigenvalue weighted by Crippen LogP contribution is 2.21. The van der Waals surface area contributed by atoms with Gasteiger partial charge < -0.3 is 19.8 Å². The number of allylic oxidation sites excluding steroid dienone is 2. The summed E-state index contributed by atoms with van der Waals surface area (Å²) in [5, 5.41) is 28.1. The van der Waals surface area contributed by atoms with E-state index in [1.54, 1.807) is 20.8 Å². The molecule has 7 nitrogen and oxygen atoms in total. The van der Waals surface area contributed by atoms with E-state index in [0.717, 1.165) is 38.6 Å². The second-order valence-electron chi connectivity index (χ2n) is 10.1. The van der Waals surface area contributed by atoms with E-state index in [0.29, 0.717) is 43.4 Å². The molecule has 0 bridgehead atoms. The van der Waals surface area contributed by atoms with Gasteiger partial charge in [-0.25, -0.2) is 0 Å². The molecule has 3 unspecified atom stereocenters. The Bertz CT molecular complexity index is 558. The zero-order valence-corrected chi connectivity index (χ0v) is 22.0. The Morgan fingerprint density at radius 2 is 1.00 bits per heavy atom. The van der Waals surface area contributed by atoms with E-state index in [1.807, 2.05) is 0 Å². The van der Waals surface area contributed by atoms with Gasteiger partial charge in [0.15, 0.2) is 0 Å². The van der Waals surface area contributed by atoms with Gasteiger partial charge in [-0.2, -0.15) is 0 Å². The van der Waals surface area contributed by atoms with Gasteiger partial charge in [0, 0.05) is 19.3 Å². The molecule has 0 aromatic carbocycles. The van der Waals surface area contributed by atoms with Crippen LogP contribution in [-0.2, 0) is 14.4 Å². The predicted molar refractivity (Wildman–Crippen MR) is 136 cm³/mol. The molecule has 0 saturated carbocycles. The summed E-state index contributed by atoms with van der Waals surface area (Å²) in [6, 6.07) is 0. The van der Waals surface area contributed by atoms with Crippen molar-refractivity contribution in [3.63, 3.8) is 0 Å². The average Bonchev–Trinajstić information content (AvgIpc) is 2.79. The molecular weight excluding hydrogens is 434 g/mol. The maximum absolute atomic E-state index is 11.4. The molecule has 0 spiro atoms. The van der Waals surface area contributed by atoms with Gasteiger partial charge >= 0.3 is 17.9 Å². The molecule has 34 heavy (non-hydrogen) atoms. The normalized spacial score (nSPS) is 16.1. The quantitative estimate of drug-likeness (QED) is 0.101. The minimum Gasteiger partial charge on any atom is -0.481 e. The first-order valence-electron chi connectivity index (χ1n) is 13.2. The number of unbranched alkanes of at least 4 members (excludes halogenated alkanes) is 6. The van der Waals surface area contributed by atoms with Crippen LogP contribution in [0.4, 0.5) is 0 Å². The van der Waals surface area contributed by atoms with E-state index < -0.39 is 35.7 Å². The van der Waals surface area contributed by atoms with Gasteiger partial charge in [0.25, 0.3) is 0 Å². The van der Waals surface area contributed by atoms with Gasteiger partial charge in [-0.15, -0.1) is 0 Å². The van der Waals surface area contributed by atoms with Crippen molar-refractivity contribution in [3.8, 4) is 0 Å². The van der Waals surface area contributed by atoms with Crippen molar-refractivity contribution in [2.75, 3.05) is 26.2 Å². The van der Waals surface area contributed by atoms with E-state index in [-0.39, 0.29) is 0 Å². The van der Waals surface area contributed by atoms with Crippen LogP contribution < -0.4 is 0 Å². The molecule has 3 N–H and O–H groups in total. The maximum atomic E-state index is 11.4. The fourth-order valence-corrected chi connectivity index (χ4v) is 4.08. The summed E-state index contributed by atoms with van der Waals surface area (Å²) in [5.74, 6) is -3.94. The zero-order chi connectivity index (χ0) is 26.0. The van der Waals surface area contributed by atoms with Crippen molar-refractivity contribution in [1.82, 2.24) is 0 Å². The molecule has 0 aromatic rings. The Hall–Kier alpha value is -1.89. The number of carbonyl (C=O) groups is 3. The lowest BCUT2D eigenvalue weighted by Crippen LogP contribution is -2.52. The molecule has 0 saturated heterocycles. The molecule has 0 aliphatic carbocycles. The summed E-state index contributed by atoms with van der Waals surface area (Å²) >= 11 is 0. The predicted octanol–water partition coefficient (Wildman–Crippen LogP) is 5.83. The van der Waals surface area contributed by atoms with Crippen molar-refractivity contribution in [2.24, 2.45) is 17.8 Å². The van der Waals surface area contributed by atoms with Crippen LogP contribution in [0.15, 0.2) is 12.2 Å². The van der Waals surface area contributed by atoms with Gasteiger partial charge in [-0.1, -0.05) is 52.7 Å². The number of aliphatic carboxylic acids is 3. The lowest BCUT2D eigenvalue weighted by atomic mass is 10.0. The minimum atomic E-state index is -0.832. The maximum Gasteiger partial charge on any atom is 0.306 e. The number of rotatable bonds is 22. The van der Waals surface area contributed by atoms with Crippen LogP contribution in [0.5, 0.6) is 0 Å². The van der Waals surface area contributed by atoms with Crippen LogP contribution in [-0.4, -0.2) is 63.9 Å². The Kier molecular flexibility index (Phi) is 17.4. The van der Waals surface area contributed by atoms with Crippen molar-refractivity contribution in [2.45, 2.75) is 98.3 Å². The Morgan fingerprint density at radius 3 is 1.35 bits per heavy atom. The molecule has 3 atom stereocenters. The summed E-state index contributed by atoms with van der Waals surface area (Å²) in [4.78, 5) is 34.2. The summed E-state index contributed by atoms with van der Waals surface area (Å²) in [6.07, 6.45) is 15.1. The molecular formula is C27H50NO6+. The van der Waals surface area contributed by atoms with Gasteiger partial charge in [0.05, 0.1) is 43.9 Å². The lowest BCUT2D eigenvalue weighted by Gasteiger charge is -2.40. The highest BCUT2D eigenvalue weighted by molar-refractivity contribution is 5.70. The highest BCUT2D eigenvalue weighted by Gasteiger charge is 2.31. The Morgan fingerprint density at radius 1 is 0.618 bits per heavy atom. The third-order valence-electron chi connectivity index (χ3n) is 7.02. The van der Waals surface area contributed by atoms with Crippen LogP contribution in [0.3, 0.4) is 0 Å². The van der Waals surface area contributed by atoms with Crippen molar-refractivity contribution >= 4 is 17.9 Å². The number of hydrogen-bond acceptors (Lipinski definition) is 3. The van der Waals surface area contributed by atoms with E-state index in [9.17, 15) is 29.7 Å². The third kappa shape index (κ3) is 15.1. The van der Waals surface area contributed by atoms with Crippen LogP contribution in [0.1, 0.15) is 98.3 Å². The van der Waals surface area contributed by atoms with Crippen molar-refractivity contribution < 1.29 is 34.2 Å². The summed E-state index contributed by atoms with van der Waals surface area (Å²) < 4.78 is 0.597. The summed E-state index contributed by atoms with van der Waals surface area (Å²) in [7, 11) is 0. The third-order valence-corrected chi connectivity index (χ3v) is 7.02. The van der Waals surface area contributed by atoms with Gasteiger partial charge in [0.1, 0.15) is 0 Å². The minimum absolute atomic E-state index is 0.482. The summed E-state index contributed by atoms with van der Waals surface area (Å²) in [6.45, 7) is 10.0. The monoisotopic (exact) mass is 484 g/mol. The molecule has 0 rings (SSSR count). The molecule has 0 aliphatic rings. The highest BCUT2D eigenvalue weighted by atomic mass is 16.4. The van der Waals surface area contributed by atoms with Crippen LogP contribution in [0.25, 0.3) is 0 Å². The molecule has 198 valence electrons. The first-order chi connectivity index (χ1) is 16.0. The average molecular weight is 485 g/mol. The number of quaternary nitrogens is 1. The SMILES string of the molecule is CCCCC/C=C/CCCCC[N+](CCC(C)C(=O)O)(CCC(C)C(=O)O)CCC(C)C(=O)O. The van der Waals surface area contributed by atoms with E-state index in [2.05, 4.69) is 19.1 Å². The van der Waals surface area contributed by atoms with Crippen LogP contribution in [0.2, 0.25) is 0 Å². The largest absolute Gasteiger partial charge is 0.481 e. The molecule has 0 amide bonds. The van der Waals surface area contributed by atoms with E-state index in [4.69, 9.17) is 0 Å². The Balaban J connectivity index is 5.13. The van der Waals surface area contributed by atoms with Crippen LogP contribution in [0, 0.1) is 17.8 Å². The number of carboxylic acids is 3. The smallest absolute Gasteiger partial charge is 0.306 e. The molecule has 0 radical (unpaired) electrons. The van der Waals surface area contributed by atoms with Crippen molar-refractivity contribution in [3.05, 3.63) is 12.2 Å². The summed E-state index contributed by atoms with van der Waals surface area (Å²) in [5.41, 5.74) is 0. The van der Waals surface area contributed by atoms with Gasteiger partial charge in [-0.05, 0) is 38.5 Å². The molecule has 7 heteroatoms. The lowest BCUT2D eigenvalue weighted by molar-refractivity contribution is -0.929. The molecule has 0 aromatic heterocycles. The fourth-order valence-electron chi connectivity index (χ4n) is 4.08. The standard InChI is InChI=1S/C27H49NO6/c1-5-6-7-8-9-10-11-12-13-14-18-28(19-15-22(2)25(29)30,20-16-23(3)26(31)32)21-17-24(4)27(33)34/h9-10,22-24H,5-8,11-21H2,1-4H3,(H2-,29,30,31,32,33,34)/p+1/b10-9+. The van der Waals surface area contributed by atoms with Crippen LogP contribution >= 0.6 is 0 Å². The number of nitrogens with zero attached hydrogens (tertiary/aromatic N) is 1. The molecule has 0 aliphatic heterocycles. The van der Waals surface area contributed by atoms with Gasteiger partial charge in [-0.3, -0.25) is 14.4 Å². The number of carboxylic acid groups (broad SMARTS) is 3. The molecule has 0 fully saturated rings. The number of hydrogen-bond donors (Lipinski definition) is 3. The second-order valence-corrected chi connectivity index (χ2v) is 10.1.